The molecule has 0 rings (SSSR count). The molecule has 0 saturated carbocycles. The Bertz CT molecular complexity index is 142. The molecule has 1 N–H and O–H groups in total. The van der Waals surface area contributed by atoms with E-state index in [9.17, 15) is 26.3 Å². The van der Waals surface area contributed by atoms with Crippen molar-refractivity contribution in [1.82, 2.24) is 0 Å². The number of rotatable bonds is 1. The Morgan fingerprint density at radius 2 is 1.17 bits per heavy atom. The molecule has 0 aliphatic heterocycles. The van der Waals surface area contributed by atoms with Gasteiger partial charge in [0.15, 0.2) is 0 Å². The lowest BCUT2D eigenvalue weighted by molar-refractivity contribution is -0.353. The molecule has 1 nitrogen and oxygen atoms in total. The predicted molar refractivity (Wildman–Crippen MR) is 27.0 cm³/mol. The molecular formula is C5H5F6O. The predicted octanol–water partition coefficient (Wildman–Crippen LogP) is 2.07. The van der Waals surface area contributed by atoms with Gasteiger partial charge in [-0.1, -0.05) is 6.92 Å². The zero-order valence-electron chi connectivity index (χ0n) is 5.79. The topological polar surface area (TPSA) is 20.2 Å². The third-order valence-corrected chi connectivity index (χ3v) is 1.28. The fraction of sp³-hybridized carbons (Fsp3) is 0.800. The van der Waals surface area contributed by atoms with Gasteiger partial charge in [0.2, 0.25) is 0 Å². The first kappa shape index (κ1) is 11.5. The van der Waals surface area contributed by atoms with Crippen LogP contribution in [-0.4, -0.2) is 23.1 Å². The zero-order chi connectivity index (χ0) is 10.2. The molecule has 0 aliphatic rings. The number of halogens is 6. The Morgan fingerprint density at radius 1 is 0.917 bits per heavy atom. The van der Waals surface area contributed by atoms with Gasteiger partial charge in [0.25, 0.3) is 5.60 Å². The molecule has 0 amide bonds. The largest absolute Gasteiger partial charge is 0.426 e. The van der Waals surface area contributed by atoms with Crippen LogP contribution in [0.3, 0.4) is 0 Å². The SMILES string of the molecule is C[CH]C(O)(C(F)(F)F)C(F)(F)F. The van der Waals surface area contributed by atoms with Gasteiger partial charge in [0, 0.05) is 6.42 Å². The minimum Gasteiger partial charge on any atom is -0.373 e. The summed E-state index contributed by atoms with van der Waals surface area (Å²) >= 11 is 0. The van der Waals surface area contributed by atoms with Crippen molar-refractivity contribution in [2.24, 2.45) is 0 Å². The summed E-state index contributed by atoms with van der Waals surface area (Å²) in [5.74, 6) is 0. The summed E-state index contributed by atoms with van der Waals surface area (Å²) in [5.41, 5.74) is -4.71. The monoisotopic (exact) mass is 195 g/mol. The molecule has 1 radical (unpaired) electrons. The van der Waals surface area contributed by atoms with Gasteiger partial charge in [-0.05, 0) is 0 Å². The lowest BCUT2D eigenvalue weighted by Gasteiger charge is -2.30. The van der Waals surface area contributed by atoms with Gasteiger partial charge in [-0.2, -0.15) is 26.3 Å². The van der Waals surface area contributed by atoms with E-state index in [1.54, 1.807) is 0 Å². The van der Waals surface area contributed by atoms with Gasteiger partial charge < -0.3 is 5.11 Å². The van der Waals surface area contributed by atoms with Crippen molar-refractivity contribution >= 4 is 0 Å². The second-order valence-electron chi connectivity index (χ2n) is 2.05. The Balaban J connectivity index is 4.95. The maximum absolute atomic E-state index is 11.6. The van der Waals surface area contributed by atoms with Crippen molar-refractivity contribution in [2.75, 3.05) is 0 Å². The summed E-state index contributed by atoms with van der Waals surface area (Å²) in [6, 6.07) is 0. The van der Waals surface area contributed by atoms with Crippen molar-refractivity contribution < 1.29 is 31.4 Å². The lowest BCUT2D eigenvalue weighted by atomic mass is 10.00. The van der Waals surface area contributed by atoms with Gasteiger partial charge >= 0.3 is 12.4 Å². The van der Waals surface area contributed by atoms with Crippen LogP contribution in [0.5, 0.6) is 0 Å². The molecule has 0 bridgehead atoms. The molecule has 0 aliphatic carbocycles. The van der Waals surface area contributed by atoms with E-state index in [-0.39, 0.29) is 6.42 Å². The summed E-state index contributed by atoms with van der Waals surface area (Å²) in [7, 11) is 0. The van der Waals surface area contributed by atoms with Crippen LogP contribution in [0.25, 0.3) is 0 Å². The molecule has 0 aromatic heterocycles. The zero-order valence-corrected chi connectivity index (χ0v) is 5.79. The number of alkyl halides is 6. The van der Waals surface area contributed by atoms with Gasteiger partial charge in [-0.15, -0.1) is 0 Å². The van der Waals surface area contributed by atoms with Crippen molar-refractivity contribution in [1.29, 1.82) is 0 Å². The maximum atomic E-state index is 11.6. The Hall–Kier alpha value is -0.460. The van der Waals surface area contributed by atoms with Crippen LogP contribution in [0, 0.1) is 6.42 Å². The van der Waals surface area contributed by atoms with Crippen molar-refractivity contribution in [3.8, 4) is 0 Å². The van der Waals surface area contributed by atoms with Gasteiger partial charge in [-0.25, -0.2) is 0 Å². The lowest BCUT2D eigenvalue weighted by Crippen LogP contribution is -2.56. The molecule has 0 spiro atoms. The summed E-state index contributed by atoms with van der Waals surface area (Å²) in [4.78, 5) is 0. The fourth-order valence-corrected chi connectivity index (χ4v) is 0.488. The highest BCUT2D eigenvalue weighted by molar-refractivity contribution is 5.02. The van der Waals surface area contributed by atoms with E-state index in [1.165, 1.54) is 0 Å². The first-order chi connectivity index (χ1) is 5.06. The average Bonchev–Trinajstić information content (AvgIpc) is 1.81. The third kappa shape index (κ3) is 1.65. The van der Waals surface area contributed by atoms with Gasteiger partial charge in [-0.3, -0.25) is 0 Å². The van der Waals surface area contributed by atoms with E-state index >= 15 is 0 Å². The molecule has 0 heterocycles. The van der Waals surface area contributed by atoms with Crippen molar-refractivity contribution in [3.05, 3.63) is 6.42 Å². The van der Waals surface area contributed by atoms with Crippen LogP contribution >= 0.6 is 0 Å². The minimum atomic E-state index is -5.74. The first-order valence-electron chi connectivity index (χ1n) is 2.72. The van der Waals surface area contributed by atoms with Crippen LogP contribution in [-0.2, 0) is 0 Å². The standard InChI is InChI=1S/C5H5F6O/c1-2-3(12,4(6,7)8)5(9,10)11/h2,12H,1H3. The highest BCUT2D eigenvalue weighted by Crippen LogP contribution is 2.44. The average molecular weight is 195 g/mol. The molecule has 0 atom stereocenters. The Labute approximate surface area is 64.0 Å². The minimum absolute atomic E-state index is 0.340. The van der Waals surface area contributed by atoms with Crippen LogP contribution < -0.4 is 0 Å². The van der Waals surface area contributed by atoms with E-state index in [4.69, 9.17) is 5.11 Å². The molecule has 0 saturated heterocycles. The summed E-state index contributed by atoms with van der Waals surface area (Å²) in [6.07, 6.45) is -11.8. The highest BCUT2D eigenvalue weighted by Gasteiger charge is 2.69. The smallest absolute Gasteiger partial charge is 0.373 e. The van der Waals surface area contributed by atoms with E-state index < -0.39 is 18.0 Å². The summed E-state index contributed by atoms with van der Waals surface area (Å²) in [6.45, 7) is 0.487. The van der Waals surface area contributed by atoms with Crippen LogP contribution in [0.2, 0.25) is 0 Å². The van der Waals surface area contributed by atoms with Crippen LogP contribution in [0.15, 0.2) is 0 Å². The number of hydrogen-bond acceptors (Lipinski definition) is 1. The molecule has 0 fully saturated rings. The summed E-state index contributed by atoms with van der Waals surface area (Å²) < 4.78 is 69.6. The second kappa shape index (κ2) is 2.79. The number of hydrogen-bond donors (Lipinski definition) is 1. The molecule has 12 heavy (non-hydrogen) atoms. The third-order valence-electron chi connectivity index (χ3n) is 1.28. The van der Waals surface area contributed by atoms with E-state index in [2.05, 4.69) is 0 Å². The normalized spacial score (nSPS) is 15.0. The first-order valence-corrected chi connectivity index (χ1v) is 2.72. The Morgan fingerprint density at radius 3 is 1.17 bits per heavy atom. The number of aliphatic hydroxyl groups is 1. The van der Waals surface area contributed by atoms with E-state index in [0.717, 1.165) is 0 Å². The molecule has 0 aromatic rings. The van der Waals surface area contributed by atoms with Crippen molar-refractivity contribution in [3.63, 3.8) is 0 Å². The second-order valence-corrected chi connectivity index (χ2v) is 2.05. The van der Waals surface area contributed by atoms with Gasteiger partial charge in [0.05, 0.1) is 0 Å². The highest BCUT2D eigenvalue weighted by atomic mass is 19.4. The molecular weight excluding hydrogens is 190 g/mol. The van der Waals surface area contributed by atoms with Crippen LogP contribution in [0.1, 0.15) is 6.92 Å². The quantitative estimate of drug-likeness (QED) is 0.635. The summed E-state index contributed by atoms with van der Waals surface area (Å²) in [5, 5.41) is 8.19. The molecule has 7 heteroatoms. The molecule has 73 valence electrons. The van der Waals surface area contributed by atoms with Crippen LogP contribution in [0.4, 0.5) is 26.3 Å². The van der Waals surface area contributed by atoms with E-state index in [1.807, 2.05) is 0 Å². The fourth-order valence-electron chi connectivity index (χ4n) is 0.488. The van der Waals surface area contributed by atoms with Crippen molar-refractivity contribution in [2.45, 2.75) is 24.9 Å². The molecule has 0 unspecified atom stereocenters. The van der Waals surface area contributed by atoms with Gasteiger partial charge in [0.1, 0.15) is 0 Å². The maximum Gasteiger partial charge on any atom is 0.426 e. The molecule has 0 aromatic carbocycles. The van der Waals surface area contributed by atoms with E-state index in [0.29, 0.717) is 6.92 Å². The Kier molecular flexibility index (Phi) is 2.68.